The summed E-state index contributed by atoms with van der Waals surface area (Å²) in [6.07, 6.45) is 5.29. The average molecular weight is 454 g/mol. The van der Waals surface area contributed by atoms with E-state index in [1.807, 2.05) is 0 Å². The first kappa shape index (κ1) is 29.2. The van der Waals surface area contributed by atoms with E-state index in [-0.39, 0.29) is 0 Å². The van der Waals surface area contributed by atoms with E-state index in [1.165, 1.54) is 0 Å². The van der Waals surface area contributed by atoms with Gasteiger partial charge in [0, 0.05) is 39.6 Å². The summed E-state index contributed by atoms with van der Waals surface area (Å²) < 4.78 is 40.5. The minimum Gasteiger partial charge on any atom is -0.361 e. The normalized spacial score (nSPS) is 12.8. The second kappa shape index (κ2) is 17.8. The Morgan fingerprint density at radius 3 is 0.759 bits per heavy atom. The van der Waals surface area contributed by atoms with E-state index < -0.39 is 17.9 Å². The Morgan fingerprint density at radius 1 is 0.414 bits per heavy atom. The summed E-state index contributed by atoms with van der Waals surface area (Å²) in [5.74, 6) is 0. The van der Waals surface area contributed by atoms with Gasteiger partial charge in [0.25, 0.3) is 0 Å². The minimum absolute atomic E-state index is 0.565. The van der Waals surface area contributed by atoms with E-state index in [4.69, 9.17) is 26.6 Å². The molecule has 0 saturated carbocycles. The van der Waals surface area contributed by atoms with Crippen molar-refractivity contribution < 1.29 is 26.6 Å². The highest BCUT2D eigenvalue weighted by atomic mass is 28.5. The molecule has 7 nitrogen and oxygen atoms in total. The lowest BCUT2D eigenvalue weighted by molar-refractivity contribution is -0.0265. The molecule has 0 aromatic carbocycles. The van der Waals surface area contributed by atoms with Gasteiger partial charge in [-0.1, -0.05) is 48.5 Å². The number of rotatable bonds is 21. The molecule has 0 radical (unpaired) electrons. The Bertz CT molecular complexity index is 303. The maximum atomic E-state index is 6.40. The van der Waals surface area contributed by atoms with Gasteiger partial charge in [0.1, 0.15) is 0 Å². The lowest BCUT2D eigenvalue weighted by Crippen LogP contribution is -2.75. The van der Waals surface area contributed by atoms with Crippen LogP contribution in [0.2, 0.25) is 0 Å². The van der Waals surface area contributed by atoms with Crippen molar-refractivity contribution in [2.75, 3.05) is 46.2 Å². The fourth-order valence-electron chi connectivity index (χ4n) is 2.66. The third-order valence-corrected chi connectivity index (χ3v) is 10.9. The smallest absolute Gasteiger partial charge is 0.361 e. The molecule has 0 saturated heterocycles. The van der Waals surface area contributed by atoms with Gasteiger partial charge in [-0.2, -0.15) is 0 Å². The molecule has 0 aliphatic carbocycles. The quantitative estimate of drug-likeness (QED) is 0.233. The van der Waals surface area contributed by atoms with Gasteiger partial charge in [0.05, 0.1) is 0 Å². The molecule has 0 aromatic rings. The van der Waals surface area contributed by atoms with E-state index in [9.17, 15) is 0 Å². The van der Waals surface area contributed by atoms with Crippen LogP contribution in [-0.4, -0.2) is 68.3 Å². The van der Waals surface area contributed by atoms with Crippen molar-refractivity contribution in [1.29, 1.82) is 0 Å². The van der Waals surface area contributed by atoms with Crippen LogP contribution >= 0.6 is 0 Å². The average Bonchev–Trinajstić information content (AvgIpc) is 2.75. The highest BCUT2D eigenvalue weighted by molar-refractivity contribution is 6.75. The standard InChI is InChI=1S/C20H47NO6Si2/c1-8-15-22-28(23-16-9-2,24-17-10-3)21(14-7)29(25-18-11-4,26-19-12-5)27-20-13-6/h8-20H2,1-7H3. The molecule has 0 aromatic heterocycles. The SMILES string of the molecule is CCCO[Si](OCCC)(OCCC)N(CC)[Si](OCCC)(OCCC)OCCC. The second-order valence-electron chi connectivity index (χ2n) is 6.88. The molecular formula is C20H47NO6Si2. The first-order valence-electron chi connectivity index (χ1n) is 11.7. The molecular weight excluding hydrogens is 406 g/mol. The second-order valence-corrected chi connectivity index (χ2v) is 12.2. The summed E-state index contributed by atoms with van der Waals surface area (Å²) >= 11 is 0. The largest absolute Gasteiger partial charge is 0.598 e. The van der Waals surface area contributed by atoms with Crippen LogP contribution in [0.15, 0.2) is 0 Å². The highest BCUT2D eigenvalue weighted by Gasteiger charge is 2.64. The zero-order chi connectivity index (χ0) is 22.0. The van der Waals surface area contributed by atoms with Crippen LogP contribution < -0.4 is 0 Å². The predicted molar refractivity (Wildman–Crippen MR) is 121 cm³/mol. The van der Waals surface area contributed by atoms with Gasteiger partial charge < -0.3 is 26.6 Å². The van der Waals surface area contributed by atoms with Crippen molar-refractivity contribution in [2.24, 2.45) is 0 Å². The van der Waals surface area contributed by atoms with Crippen LogP contribution in [0.4, 0.5) is 0 Å². The van der Waals surface area contributed by atoms with Crippen LogP contribution in [0.3, 0.4) is 0 Å². The molecule has 0 unspecified atom stereocenters. The fourth-order valence-corrected chi connectivity index (χ4v) is 10.1. The van der Waals surface area contributed by atoms with Gasteiger partial charge >= 0.3 is 17.9 Å². The van der Waals surface area contributed by atoms with Gasteiger partial charge in [-0.3, -0.25) is 0 Å². The molecule has 0 heterocycles. The monoisotopic (exact) mass is 453 g/mol. The Hall–Kier alpha value is 0.154. The number of hydrogen-bond acceptors (Lipinski definition) is 7. The Labute approximate surface area is 182 Å². The maximum absolute atomic E-state index is 6.40. The zero-order valence-corrected chi connectivity index (χ0v) is 22.1. The van der Waals surface area contributed by atoms with Crippen LogP contribution in [-0.2, 0) is 26.6 Å². The van der Waals surface area contributed by atoms with Crippen molar-refractivity contribution in [2.45, 2.75) is 87.0 Å². The lowest BCUT2D eigenvalue weighted by Gasteiger charge is -2.44. The molecule has 0 bridgehead atoms. The maximum Gasteiger partial charge on any atom is 0.598 e. The third kappa shape index (κ3) is 9.88. The van der Waals surface area contributed by atoms with E-state index in [0.717, 1.165) is 38.5 Å². The van der Waals surface area contributed by atoms with E-state index in [0.29, 0.717) is 46.2 Å². The van der Waals surface area contributed by atoms with Crippen molar-refractivity contribution in [3.8, 4) is 0 Å². The van der Waals surface area contributed by atoms with Gasteiger partial charge in [-0.05, 0) is 45.1 Å². The van der Waals surface area contributed by atoms with Crippen molar-refractivity contribution in [1.82, 2.24) is 4.23 Å². The Morgan fingerprint density at radius 2 is 0.621 bits per heavy atom. The van der Waals surface area contributed by atoms with Crippen LogP contribution in [0, 0.1) is 0 Å². The first-order chi connectivity index (χ1) is 14.1. The van der Waals surface area contributed by atoms with Gasteiger partial charge in [-0.15, -0.1) is 0 Å². The van der Waals surface area contributed by atoms with Gasteiger partial charge in [0.15, 0.2) is 0 Å². The summed E-state index contributed by atoms with van der Waals surface area (Å²) in [6, 6.07) is 0. The molecule has 29 heavy (non-hydrogen) atoms. The topological polar surface area (TPSA) is 58.6 Å². The van der Waals surface area contributed by atoms with E-state index in [1.54, 1.807) is 0 Å². The highest BCUT2D eigenvalue weighted by Crippen LogP contribution is 2.28. The molecule has 0 amide bonds. The molecule has 0 aliphatic rings. The summed E-state index contributed by atoms with van der Waals surface area (Å²) in [5, 5.41) is 0. The molecule has 0 spiro atoms. The summed E-state index contributed by atoms with van der Waals surface area (Å²) in [5.41, 5.74) is 0. The predicted octanol–water partition coefficient (Wildman–Crippen LogP) is 4.74. The van der Waals surface area contributed by atoms with Gasteiger partial charge in [-0.25, -0.2) is 4.23 Å². The molecule has 176 valence electrons. The van der Waals surface area contributed by atoms with Gasteiger partial charge in [0.2, 0.25) is 0 Å². The van der Waals surface area contributed by atoms with Crippen molar-refractivity contribution >= 4 is 17.9 Å². The minimum atomic E-state index is -3.25. The molecule has 0 atom stereocenters. The summed E-state index contributed by atoms with van der Waals surface area (Å²) in [7, 11) is -6.51. The van der Waals surface area contributed by atoms with Crippen LogP contribution in [0.25, 0.3) is 0 Å². The molecule has 0 rings (SSSR count). The van der Waals surface area contributed by atoms with Crippen molar-refractivity contribution in [3.63, 3.8) is 0 Å². The first-order valence-corrected chi connectivity index (χ1v) is 15.0. The molecule has 0 aliphatic heterocycles. The zero-order valence-electron chi connectivity index (χ0n) is 20.1. The van der Waals surface area contributed by atoms with Crippen molar-refractivity contribution in [3.05, 3.63) is 0 Å². The Balaban J connectivity index is 6.22. The van der Waals surface area contributed by atoms with E-state index in [2.05, 4.69) is 52.7 Å². The van der Waals surface area contributed by atoms with E-state index >= 15 is 0 Å². The molecule has 0 N–H and O–H groups in total. The number of nitrogens with zero attached hydrogens (tertiary/aromatic N) is 1. The lowest BCUT2D eigenvalue weighted by atomic mass is 10.5. The van der Waals surface area contributed by atoms with Crippen LogP contribution in [0.1, 0.15) is 87.0 Å². The molecule has 9 heteroatoms. The Kier molecular flexibility index (Phi) is 17.9. The summed E-state index contributed by atoms with van der Waals surface area (Å²) in [4.78, 5) is 0. The molecule has 0 fully saturated rings. The number of hydrogen-bond donors (Lipinski definition) is 0. The fraction of sp³-hybridized carbons (Fsp3) is 1.00. The van der Waals surface area contributed by atoms with Crippen LogP contribution in [0.5, 0.6) is 0 Å². The summed E-state index contributed by atoms with van der Waals surface area (Å²) in [6.45, 7) is 18.6. The third-order valence-electron chi connectivity index (χ3n) is 3.91.